The lowest BCUT2D eigenvalue weighted by molar-refractivity contribution is -0.149. The average molecular weight is 377 g/mol. The fourth-order valence-electron chi connectivity index (χ4n) is 3.19. The summed E-state index contributed by atoms with van der Waals surface area (Å²) in [6.45, 7) is 7.10. The van der Waals surface area contributed by atoms with Gasteiger partial charge in [0.2, 0.25) is 0 Å². The zero-order valence-corrected chi connectivity index (χ0v) is 16.8. The van der Waals surface area contributed by atoms with Gasteiger partial charge in [-0.1, -0.05) is 6.07 Å². The highest BCUT2D eigenvalue weighted by atomic mass is 16.5. The Morgan fingerprint density at radius 1 is 1.26 bits per heavy atom. The van der Waals surface area contributed by atoms with Crippen molar-refractivity contribution < 1.29 is 19.0 Å². The summed E-state index contributed by atoms with van der Waals surface area (Å²) in [5, 5.41) is 3.33. The van der Waals surface area contributed by atoms with E-state index in [4.69, 9.17) is 19.2 Å². The number of hydrogen-bond donors (Lipinski definition) is 1. The van der Waals surface area contributed by atoms with Crippen LogP contribution in [0.25, 0.3) is 0 Å². The van der Waals surface area contributed by atoms with E-state index in [9.17, 15) is 4.79 Å². The summed E-state index contributed by atoms with van der Waals surface area (Å²) in [5.74, 6) is 2.00. The Labute approximate surface area is 161 Å². The predicted molar refractivity (Wildman–Crippen MR) is 105 cm³/mol. The molecule has 1 aliphatic heterocycles. The molecular weight excluding hydrogens is 346 g/mol. The number of carbonyl (C=O) groups is 1. The normalized spacial score (nSPS) is 17.4. The smallest absolute Gasteiger partial charge is 0.310 e. The third kappa shape index (κ3) is 5.77. The van der Waals surface area contributed by atoms with Crippen molar-refractivity contribution in [3.05, 3.63) is 23.8 Å². The summed E-state index contributed by atoms with van der Waals surface area (Å²) in [7, 11) is 3.24. The fourth-order valence-corrected chi connectivity index (χ4v) is 3.19. The van der Waals surface area contributed by atoms with Gasteiger partial charge in [-0.2, -0.15) is 0 Å². The number of piperidine rings is 1. The van der Waals surface area contributed by atoms with Crippen LogP contribution in [0.5, 0.6) is 11.5 Å². The van der Waals surface area contributed by atoms with Gasteiger partial charge in [0, 0.05) is 19.6 Å². The van der Waals surface area contributed by atoms with Gasteiger partial charge in [0.1, 0.15) is 0 Å². The van der Waals surface area contributed by atoms with E-state index in [1.165, 1.54) is 0 Å². The van der Waals surface area contributed by atoms with Crippen molar-refractivity contribution >= 4 is 11.9 Å². The number of methoxy groups -OCH3 is 2. The number of likely N-dealkylation sites (tertiary alicyclic amines) is 1. The summed E-state index contributed by atoms with van der Waals surface area (Å²) >= 11 is 0. The number of aliphatic imine (C=N–C) groups is 1. The maximum Gasteiger partial charge on any atom is 0.310 e. The molecule has 0 aromatic heterocycles. The van der Waals surface area contributed by atoms with Crippen molar-refractivity contribution in [2.45, 2.75) is 33.2 Å². The molecule has 150 valence electrons. The van der Waals surface area contributed by atoms with Crippen LogP contribution in [0.15, 0.2) is 23.2 Å². The molecule has 1 unspecified atom stereocenters. The van der Waals surface area contributed by atoms with Gasteiger partial charge in [-0.15, -0.1) is 0 Å². The molecule has 0 bridgehead atoms. The molecule has 1 atom stereocenters. The highest BCUT2D eigenvalue weighted by Gasteiger charge is 2.28. The number of rotatable bonds is 7. The zero-order valence-electron chi connectivity index (χ0n) is 16.8. The topological polar surface area (TPSA) is 72.4 Å². The van der Waals surface area contributed by atoms with E-state index in [0.717, 1.165) is 37.5 Å². The lowest BCUT2D eigenvalue weighted by atomic mass is 9.98. The second-order valence-electron chi connectivity index (χ2n) is 6.40. The molecule has 0 spiro atoms. The minimum atomic E-state index is -0.113. The monoisotopic (exact) mass is 377 g/mol. The minimum absolute atomic E-state index is 0.0939. The van der Waals surface area contributed by atoms with Crippen molar-refractivity contribution in [1.82, 2.24) is 10.2 Å². The van der Waals surface area contributed by atoms with Crippen molar-refractivity contribution in [1.29, 1.82) is 0 Å². The molecule has 1 N–H and O–H groups in total. The molecule has 0 amide bonds. The highest BCUT2D eigenvalue weighted by Crippen LogP contribution is 2.28. The molecule has 1 aromatic rings. The molecule has 1 aliphatic rings. The van der Waals surface area contributed by atoms with E-state index in [1.807, 2.05) is 32.0 Å². The summed E-state index contributed by atoms with van der Waals surface area (Å²) in [4.78, 5) is 19.0. The summed E-state index contributed by atoms with van der Waals surface area (Å²) in [5.41, 5.74) is 1.03. The molecular formula is C20H31N3O4. The lowest BCUT2D eigenvalue weighted by Gasteiger charge is -2.34. The molecule has 7 heteroatoms. The molecule has 1 aromatic carbocycles. The van der Waals surface area contributed by atoms with Crippen LogP contribution in [0, 0.1) is 5.92 Å². The molecule has 0 radical (unpaired) electrons. The lowest BCUT2D eigenvalue weighted by Crippen LogP contribution is -2.48. The SMILES string of the molecule is CCNC(=NCc1ccc(OC)c(OC)c1)N1CCCC(C(=O)OCC)C1. The zero-order chi connectivity index (χ0) is 19.6. The van der Waals surface area contributed by atoms with E-state index < -0.39 is 0 Å². The standard InChI is InChI=1S/C20H31N3O4/c1-5-21-20(23-11-7-8-16(14-23)19(24)27-6-2)22-13-15-9-10-17(25-3)18(12-15)26-4/h9-10,12,16H,5-8,11,13-14H2,1-4H3,(H,21,22). The number of nitrogens with zero attached hydrogens (tertiary/aromatic N) is 2. The van der Waals surface area contributed by atoms with E-state index in [1.54, 1.807) is 14.2 Å². The van der Waals surface area contributed by atoms with Crippen molar-refractivity contribution in [2.75, 3.05) is 40.5 Å². The van der Waals surface area contributed by atoms with Gasteiger partial charge in [-0.05, 0) is 44.4 Å². The van der Waals surface area contributed by atoms with Crippen molar-refractivity contribution in [3.8, 4) is 11.5 Å². The summed E-state index contributed by atoms with van der Waals surface area (Å²) < 4.78 is 15.8. The molecule has 27 heavy (non-hydrogen) atoms. The number of nitrogens with one attached hydrogen (secondary N) is 1. The van der Waals surface area contributed by atoms with Gasteiger partial charge in [0.15, 0.2) is 17.5 Å². The van der Waals surface area contributed by atoms with Crippen LogP contribution in [0.3, 0.4) is 0 Å². The quantitative estimate of drug-likeness (QED) is 0.447. The number of esters is 1. The Morgan fingerprint density at radius 3 is 2.70 bits per heavy atom. The third-order valence-corrected chi connectivity index (χ3v) is 4.54. The Morgan fingerprint density at radius 2 is 2.04 bits per heavy atom. The third-order valence-electron chi connectivity index (χ3n) is 4.54. The molecule has 0 saturated carbocycles. The fraction of sp³-hybridized carbons (Fsp3) is 0.600. The maximum atomic E-state index is 12.1. The van der Waals surface area contributed by atoms with E-state index in [0.29, 0.717) is 31.2 Å². The van der Waals surface area contributed by atoms with Crippen LogP contribution in [-0.2, 0) is 16.1 Å². The molecule has 1 saturated heterocycles. The molecule has 2 rings (SSSR count). The van der Waals surface area contributed by atoms with Gasteiger partial charge in [0.05, 0.1) is 33.3 Å². The Hall–Kier alpha value is -2.44. The van der Waals surface area contributed by atoms with Crippen LogP contribution in [-0.4, -0.2) is 57.3 Å². The van der Waals surface area contributed by atoms with Crippen LogP contribution in [0.4, 0.5) is 0 Å². The Bertz CT molecular complexity index is 648. The first-order valence-electron chi connectivity index (χ1n) is 9.53. The van der Waals surface area contributed by atoms with Crippen LogP contribution < -0.4 is 14.8 Å². The average Bonchev–Trinajstić information content (AvgIpc) is 2.71. The largest absolute Gasteiger partial charge is 0.493 e. The van der Waals surface area contributed by atoms with Gasteiger partial charge in [-0.3, -0.25) is 4.79 Å². The number of guanidine groups is 1. The molecule has 0 aliphatic carbocycles. The van der Waals surface area contributed by atoms with Gasteiger partial charge < -0.3 is 24.4 Å². The van der Waals surface area contributed by atoms with Crippen LogP contribution >= 0.6 is 0 Å². The van der Waals surface area contributed by atoms with Gasteiger partial charge >= 0.3 is 5.97 Å². The minimum Gasteiger partial charge on any atom is -0.493 e. The van der Waals surface area contributed by atoms with E-state index in [-0.39, 0.29) is 11.9 Å². The summed E-state index contributed by atoms with van der Waals surface area (Å²) in [6.07, 6.45) is 1.81. The highest BCUT2D eigenvalue weighted by molar-refractivity contribution is 5.81. The predicted octanol–water partition coefficient (Wildman–Crippen LogP) is 2.44. The second-order valence-corrected chi connectivity index (χ2v) is 6.40. The first-order valence-corrected chi connectivity index (χ1v) is 9.53. The first kappa shape index (κ1) is 20.9. The number of hydrogen-bond acceptors (Lipinski definition) is 5. The van der Waals surface area contributed by atoms with Gasteiger partial charge in [0.25, 0.3) is 0 Å². The van der Waals surface area contributed by atoms with Crippen molar-refractivity contribution in [2.24, 2.45) is 10.9 Å². The van der Waals surface area contributed by atoms with Crippen LogP contribution in [0.1, 0.15) is 32.3 Å². The Balaban J connectivity index is 2.10. The second kappa shape index (κ2) is 10.6. The first-order chi connectivity index (χ1) is 13.1. The number of carbonyl (C=O) groups excluding carboxylic acids is 1. The van der Waals surface area contributed by atoms with Crippen molar-refractivity contribution in [3.63, 3.8) is 0 Å². The molecule has 1 fully saturated rings. The molecule has 1 heterocycles. The maximum absolute atomic E-state index is 12.1. The van der Waals surface area contributed by atoms with Crippen LogP contribution in [0.2, 0.25) is 0 Å². The number of benzene rings is 1. The van der Waals surface area contributed by atoms with E-state index >= 15 is 0 Å². The number of ether oxygens (including phenoxy) is 3. The molecule has 7 nitrogen and oxygen atoms in total. The van der Waals surface area contributed by atoms with E-state index in [2.05, 4.69) is 10.2 Å². The van der Waals surface area contributed by atoms with Gasteiger partial charge in [-0.25, -0.2) is 4.99 Å². The Kier molecular flexibility index (Phi) is 8.23. The summed E-state index contributed by atoms with van der Waals surface area (Å²) in [6, 6.07) is 5.80.